The van der Waals surface area contributed by atoms with Crippen LogP contribution in [-0.2, 0) is 13.0 Å². The normalized spacial score (nSPS) is 21.2. The van der Waals surface area contributed by atoms with Gasteiger partial charge < -0.3 is 15.8 Å². The molecule has 1 fully saturated rings. The number of nitrogens with two attached hydrogens (primary N) is 1. The molecule has 0 aliphatic carbocycles. The Hall–Kier alpha value is -2.44. The van der Waals surface area contributed by atoms with Gasteiger partial charge in [0.15, 0.2) is 5.82 Å². The van der Waals surface area contributed by atoms with Gasteiger partial charge in [0.05, 0.1) is 11.6 Å². The molecule has 6 nitrogen and oxygen atoms in total. The summed E-state index contributed by atoms with van der Waals surface area (Å²) in [5.74, 6) is 0.781. The van der Waals surface area contributed by atoms with Gasteiger partial charge in [-0.25, -0.2) is 9.97 Å². The standard InChI is InChI=1S/C19H23N5O/c20-19-18-17(22-12-23-19)15(8-21-18)10-24-9-14(16(25)11-24)7-6-13-4-2-1-3-5-13/h1-5,8,12,14,16,21,25H,6-7,9-11H2,(H2,20,22,23)/t14-,16+/m0/s1. The van der Waals surface area contributed by atoms with E-state index < -0.39 is 0 Å². The fourth-order valence-corrected chi connectivity index (χ4v) is 3.73. The molecule has 1 aliphatic heterocycles. The van der Waals surface area contributed by atoms with Crippen LogP contribution >= 0.6 is 0 Å². The highest BCUT2D eigenvalue weighted by atomic mass is 16.3. The lowest BCUT2D eigenvalue weighted by atomic mass is 9.97. The third-order valence-corrected chi connectivity index (χ3v) is 5.09. The van der Waals surface area contributed by atoms with Crippen LogP contribution in [0.2, 0.25) is 0 Å². The number of aliphatic hydroxyl groups is 1. The van der Waals surface area contributed by atoms with Gasteiger partial charge in [-0.15, -0.1) is 0 Å². The van der Waals surface area contributed by atoms with Crippen molar-refractivity contribution in [2.45, 2.75) is 25.5 Å². The minimum Gasteiger partial charge on any atom is -0.391 e. The number of likely N-dealkylation sites (tertiary alicyclic amines) is 1. The number of aromatic amines is 1. The van der Waals surface area contributed by atoms with Crippen molar-refractivity contribution in [2.75, 3.05) is 18.8 Å². The lowest BCUT2D eigenvalue weighted by Gasteiger charge is -2.15. The number of aryl methyl sites for hydroxylation is 1. The first-order chi connectivity index (χ1) is 12.2. The highest BCUT2D eigenvalue weighted by Crippen LogP contribution is 2.26. The van der Waals surface area contributed by atoms with E-state index >= 15 is 0 Å². The van der Waals surface area contributed by atoms with Gasteiger partial charge in [0, 0.05) is 31.4 Å². The maximum atomic E-state index is 10.4. The summed E-state index contributed by atoms with van der Waals surface area (Å²) in [7, 11) is 0. The molecule has 0 amide bonds. The Bertz CT molecular complexity index is 847. The van der Waals surface area contributed by atoms with Gasteiger partial charge in [-0.3, -0.25) is 4.90 Å². The molecule has 0 bridgehead atoms. The summed E-state index contributed by atoms with van der Waals surface area (Å²) in [5, 5.41) is 10.4. The van der Waals surface area contributed by atoms with Gasteiger partial charge >= 0.3 is 0 Å². The number of nitrogen functional groups attached to an aromatic ring is 1. The van der Waals surface area contributed by atoms with E-state index in [2.05, 4.69) is 44.1 Å². The van der Waals surface area contributed by atoms with Crippen molar-refractivity contribution in [1.82, 2.24) is 19.9 Å². The van der Waals surface area contributed by atoms with Crippen LogP contribution < -0.4 is 5.73 Å². The number of anilines is 1. The number of rotatable bonds is 5. The highest BCUT2D eigenvalue weighted by molar-refractivity contribution is 5.86. The van der Waals surface area contributed by atoms with E-state index in [0.717, 1.165) is 42.5 Å². The van der Waals surface area contributed by atoms with Crippen molar-refractivity contribution < 1.29 is 5.11 Å². The number of aromatic nitrogens is 3. The van der Waals surface area contributed by atoms with Crippen molar-refractivity contribution in [3.8, 4) is 0 Å². The Morgan fingerprint density at radius 1 is 1.20 bits per heavy atom. The number of hydrogen-bond donors (Lipinski definition) is 3. The van der Waals surface area contributed by atoms with Gasteiger partial charge in [0.2, 0.25) is 0 Å². The molecule has 1 saturated heterocycles. The first-order valence-electron chi connectivity index (χ1n) is 8.71. The lowest BCUT2D eigenvalue weighted by Crippen LogP contribution is -2.21. The number of β-amino-alcohol motifs (C(OH)–C–C–N with tert-alkyl or cyclic N) is 1. The molecule has 130 valence electrons. The minimum absolute atomic E-state index is 0.270. The molecule has 6 heteroatoms. The summed E-state index contributed by atoms with van der Waals surface area (Å²) < 4.78 is 0. The molecule has 0 radical (unpaired) electrons. The molecule has 3 aromatic rings. The van der Waals surface area contributed by atoms with E-state index in [1.165, 1.54) is 11.9 Å². The second-order valence-electron chi connectivity index (χ2n) is 6.84. The van der Waals surface area contributed by atoms with Gasteiger partial charge in [-0.05, 0) is 24.3 Å². The molecule has 25 heavy (non-hydrogen) atoms. The molecular formula is C19H23N5O. The number of aliphatic hydroxyl groups excluding tert-OH is 1. The molecule has 2 atom stereocenters. The van der Waals surface area contributed by atoms with E-state index in [-0.39, 0.29) is 6.10 Å². The van der Waals surface area contributed by atoms with Crippen LogP contribution in [0.4, 0.5) is 5.82 Å². The Morgan fingerprint density at radius 3 is 2.88 bits per heavy atom. The molecule has 2 aromatic heterocycles. The summed E-state index contributed by atoms with van der Waals surface area (Å²) >= 11 is 0. The second-order valence-corrected chi connectivity index (χ2v) is 6.84. The fraction of sp³-hybridized carbons (Fsp3) is 0.368. The Balaban J connectivity index is 1.40. The molecule has 0 saturated carbocycles. The van der Waals surface area contributed by atoms with Crippen LogP contribution in [0.15, 0.2) is 42.9 Å². The molecule has 3 heterocycles. The Kier molecular flexibility index (Phi) is 4.38. The Morgan fingerprint density at radius 2 is 2.04 bits per heavy atom. The third-order valence-electron chi connectivity index (χ3n) is 5.09. The first kappa shape index (κ1) is 16.1. The van der Waals surface area contributed by atoms with Gasteiger partial charge in [-0.1, -0.05) is 30.3 Å². The van der Waals surface area contributed by atoms with Crippen LogP contribution in [0.25, 0.3) is 11.0 Å². The van der Waals surface area contributed by atoms with Crippen molar-refractivity contribution in [3.05, 3.63) is 54.0 Å². The number of nitrogens with zero attached hydrogens (tertiary/aromatic N) is 3. The molecule has 4 N–H and O–H groups in total. The SMILES string of the molecule is Nc1ncnc2c(CN3C[C@H](CCc4ccccc4)[C@H](O)C3)c[nH]c12. The molecule has 0 unspecified atom stereocenters. The average molecular weight is 337 g/mol. The highest BCUT2D eigenvalue weighted by Gasteiger charge is 2.31. The van der Waals surface area contributed by atoms with Crippen molar-refractivity contribution in [3.63, 3.8) is 0 Å². The fourth-order valence-electron chi connectivity index (χ4n) is 3.73. The van der Waals surface area contributed by atoms with Crippen molar-refractivity contribution in [1.29, 1.82) is 0 Å². The molecular weight excluding hydrogens is 314 g/mol. The van der Waals surface area contributed by atoms with Crippen LogP contribution in [0.3, 0.4) is 0 Å². The minimum atomic E-state index is -0.270. The molecule has 1 aliphatic rings. The van der Waals surface area contributed by atoms with Crippen LogP contribution in [0.5, 0.6) is 0 Å². The zero-order chi connectivity index (χ0) is 17.2. The molecule has 4 rings (SSSR count). The summed E-state index contributed by atoms with van der Waals surface area (Å²) in [6.45, 7) is 2.36. The predicted molar refractivity (Wildman–Crippen MR) is 97.8 cm³/mol. The van der Waals surface area contributed by atoms with E-state index in [1.807, 2.05) is 12.3 Å². The van der Waals surface area contributed by atoms with E-state index in [1.54, 1.807) is 0 Å². The van der Waals surface area contributed by atoms with Gasteiger partial charge in [0.25, 0.3) is 0 Å². The predicted octanol–water partition coefficient (Wildman–Crippen LogP) is 1.97. The topological polar surface area (TPSA) is 91.1 Å². The monoisotopic (exact) mass is 337 g/mol. The number of H-pyrrole nitrogens is 1. The van der Waals surface area contributed by atoms with Crippen molar-refractivity contribution in [2.24, 2.45) is 5.92 Å². The maximum Gasteiger partial charge on any atom is 0.151 e. The first-order valence-corrected chi connectivity index (χ1v) is 8.71. The maximum absolute atomic E-state index is 10.4. The number of hydrogen-bond acceptors (Lipinski definition) is 5. The second kappa shape index (κ2) is 6.82. The largest absolute Gasteiger partial charge is 0.391 e. The van der Waals surface area contributed by atoms with Crippen LogP contribution in [0.1, 0.15) is 17.5 Å². The van der Waals surface area contributed by atoms with Crippen LogP contribution in [0, 0.1) is 5.92 Å². The van der Waals surface area contributed by atoms with Crippen LogP contribution in [-0.4, -0.2) is 44.2 Å². The van der Waals surface area contributed by atoms with Gasteiger partial charge in [-0.2, -0.15) is 0 Å². The van der Waals surface area contributed by atoms with E-state index in [9.17, 15) is 5.11 Å². The van der Waals surface area contributed by atoms with E-state index in [0.29, 0.717) is 18.3 Å². The zero-order valence-electron chi connectivity index (χ0n) is 14.1. The lowest BCUT2D eigenvalue weighted by molar-refractivity contribution is 0.137. The van der Waals surface area contributed by atoms with Gasteiger partial charge in [0.1, 0.15) is 11.8 Å². The van der Waals surface area contributed by atoms with E-state index in [4.69, 9.17) is 5.73 Å². The van der Waals surface area contributed by atoms with Crippen molar-refractivity contribution >= 4 is 16.9 Å². The quantitative estimate of drug-likeness (QED) is 0.662. The summed E-state index contributed by atoms with van der Waals surface area (Å²) in [6, 6.07) is 10.5. The zero-order valence-corrected chi connectivity index (χ0v) is 14.1. The Labute approximate surface area is 146 Å². The smallest absolute Gasteiger partial charge is 0.151 e. The number of fused-ring (bicyclic) bond motifs is 1. The number of benzene rings is 1. The third kappa shape index (κ3) is 3.36. The molecule has 0 spiro atoms. The number of nitrogens with one attached hydrogen (secondary N) is 1. The average Bonchev–Trinajstić information content (AvgIpc) is 3.19. The summed E-state index contributed by atoms with van der Waals surface area (Å²) in [4.78, 5) is 13.8. The molecule has 1 aromatic carbocycles. The summed E-state index contributed by atoms with van der Waals surface area (Å²) in [5.41, 5.74) is 9.97. The summed E-state index contributed by atoms with van der Waals surface area (Å²) in [6.07, 6.45) is 5.18.